The fourth-order valence-corrected chi connectivity index (χ4v) is 2.28. The minimum atomic E-state index is 0.0279. The highest BCUT2D eigenvalue weighted by Crippen LogP contribution is 2.31. The second-order valence-electron chi connectivity index (χ2n) is 5.58. The summed E-state index contributed by atoms with van der Waals surface area (Å²) in [6.45, 7) is 8.23. The van der Waals surface area contributed by atoms with Crippen molar-refractivity contribution < 1.29 is 4.74 Å². The van der Waals surface area contributed by atoms with E-state index in [9.17, 15) is 0 Å². The summed E-state index contributed by atoms with van der Waals surface area (Å²) in [5, 5.41) is 0. The average Bonchev–Trinajstić information content (AvgIpc) is 2.51. The van der Waals surface area contributed by atoms with Gasteiger partial charge in [-0.05, 0) is 34.9 Å². The highest BCUT2D eigenvalue weighted by atomic mass is 16.5. The third kappa shape index (κ3) is 2.53. The van der Waals surface area contributed by atoms with Gasteiger partial charge in [-0.25, -0.2) is 0 Å². The van der Waals surface area contributed by atoms with Crippen LogP contribution in [0, 0.1) is 0 Å². The fourth-order valence-electron chi connectivity index (χ4n) is 2.28. The predicted octanol–water partition coefficient (Wildman–Crippen LogP) is 2.95. The number of nitrogens with two attached hydrogens (primary N) is 1. The second-order valence-corrected chi connectivity index (χ2v) is 5.58. The Labute approximate surface area is 104 Å². The van der Waals surface area contributed by atoms with Crippen LogP contribution in [-0.4, -0.2) is 13.2 Å². The highest BCUT2D eigenvalue weighted by Gasteiger charge is 2.22. The van der Waals surface area contributed by atoms with Crippen molar-refractivity contribution in [1.82, 2.24) is 0 Å². The minimum absolute atomic E-state index is 0.0279. The lowest BCUT2D eigenvalue weighted by molar-refractivity contribution is 0.131. The Bertz CT molecular complexity index is 398. The van der Waals surface area contributed by atoms with Gasteiger partial charge >= 0.3 is 0 Å². The van der Waals surface area contributed by atoms with Crippen molar-refractivity contribution in [2.45, 2.75) is 45.1 Å². The van der Waals surface area contributed by atoms with Gasteiger partial charge < -0.3 is 10.5 Å². The molecule has 0 saturated carbocycles. The van der Waals surface area contributed by atoms with E-state index >= 15 is 0 Å². The summed E-state index contributed by atoms with van der Waals surface area (Å²) in [6.07, 6.45) is 2.12. The van der Waals surface area contributed by atoms with Crippen LogP contribution in [0.2, 0.25) is 0 Å². The summed E-state index contributed by atoms with van der Waals surface area (Å²) in [7, 11) is 0. The van der Waals surface area contributed by atoms with E-state index in [1.807, 2.05) is 0 Å². The normalized spacial score (nSPS) is 20.8. The van der Waals surface area contributed by atoms with Crippen molar-refractivity contribution in [2.24, 2.45) is 5.73 Å². The number of fused-ring (bicyclic) bond motifs is 1. The molecule has 1 aromatic carbocycles. The van der Waals surface area contributed by atoms with E-state index in [4.69, 9.17) is 10.5 Å². The number of ether oxygens (including phenoxy) is 1. The van der Waals surface area contributed by atoms with Crippen LogP contribution in [0.25, 0.3) is 0 Å². The molecule has 0 aromatic heterocycles. The molecular weight excluding hydrogens is 210 g/mol. The topological polar surface area (TPSA) is 35.2 Å². The first-order valence-electron chi connectivity index (χ1n) is 6.51. The maximum absolute atomic E-state index is 6.17. The lowest BCUT2D eigenvalue weighted by Gasteiger charge is -2.25. The zero-order valence-corrected chi connectivity index (χ0v) is 11.1. The van der Waals surface area contributed by atoms with Crippen molar-refractivity contribution in [2.75, 3.05) is 13.2 Å². The molecule has 94 valence electrons. The second kappa shape index (κ2) is 4.79. The SMILES string of the molecule is CCC(C)(C)c1ccc2c(c1)C(N)COCC2. The first kappa shape index (κ1) is 12.6. The number of hydrogen-bond donors (Lipinski definition) is 1. The molecular formula is C15H23NO. The van der Waals surface area contributed by atoms with Crippen molar-refractivity contribution in [3.8, 4) is 0 Å². The van der Waals surface area contributed by atoms with Gasteiger partial charge in [0.05, 0.1) is 19.3 Å². The van der Waals surface area contributed by atoms with Gasteiger partial charge in [-0.3, -0.25) is 0 Å². The number of hydrogen-bond acceptors (Lipinski definition) is 2. The predicted molar refractivity (Wildman–Crippen MR) is 71.2 cm³/mol. The molecule has 0 bridgehead atoms. The van der Waals surface area contributed by atoms with E-state index in [2.05, 4.69) is 39.0 Å². The molecule has 1 aromatic rings. The molecule has 1 atom stereocenters. The van der Waals surface area contributed by atoms with Crippen LogP contribution in [0.15, 0.2) is 18.2 Å². The Hall–Kier alpha value is -0.860. The fraction of sp³-hybridized carbons (Fsp3) is 0.600. The lowest BCUT2D eigenvalue weighted by atomic mass is 9.80. The molecule has 0 aliphatic carbocycles. The molecule has 1 aliphatic heterocycles. The molecule has 2 rings (SSSR count). The summed E-state index contributed by atoms with van der Waals surface area (Å²) in [4.78, 5) is 0. The molecule has 17 heavy (non-hydrogen) atoms. The van der Waals surface area contributed by atoms with Crippen molar-refractivity contribution in [3.63, 3.8) is 0 Å². The molecule has 0 radical (unpaired) electrons. The molecule has 2 heteroatoms. The Morgan fingerprint density at radius 1 is 1.41 bits per heavy atom. The smallest absolute Gasteiger partial charge is 0.0659 e. The van der Waals surface area contributed by atoms with Crippen LogP contribution < -0.4 is 5.73 Å². The Morgan fingerprint density at radius 2 is 2.18 bits per heavy atom. The van der Waals surface area contributed by atoms with Crippen molar-refractivity contribution in [1.29, 1.82) is 0 Å². The van der Waals surface area contributed by atoms with Crippen LogP contribution >= 0.6 is 0 Å². The zero-order valence-electron chi connectivity index (χ0n) is 11.1. The summed E-state index contributed by atoms with van der Waals surface area (Å²) in [5.41, 5.74) is 10.4. The molecule has 1 heterocycles. The van der Waals surface area contributed by atoms with E-state index < -0.39 is 0 Å². The van der Waals surface area contributed by atoms with Gasteiger partial charge in [0.2, 0.25) is 0 Å². The maximum atomic E-state index is 6.17. The first-order valence-corrected chi connectivity index (χ1v) is 6.51. The third-order valence-electron chi connectivity index (χ3n) is 4.02. The van der Waals surface area contributed by atoms with Gasteiger partial charge in [0.15, 0.2) is 0 Å². The number of rotatable bonds is 2. The molecule has 2 nitrogen and oxygen atoms in total. The minimum Gasteiger partial charge on any atom is -0.379 e. The monoisotopic (exact) mass is 233 g/mol. The van der Waals surface area contributed by atoms with Gasteiger partial charge in [0.25, 0.3) is 0 Å². The summed E-state index contributed by atoms with van der Waals surface area (Å²) in [6, 6.07) is 6.80. The van der Waals surface area contributed by atoms with Gasteiger partial charge in [-0.2, -0.15) is 0 Å². The Kier molecular flexibility index (Phi) is 3.55. The van der Waals surface area contributed by atoms with Crippen molar-refractivity contribution in [3.05, 3.63) is 34.9 Å². The average molecular weight is 233 g/mol. The van der Waals surface area contributed by atoms with E-state index in [0.717, 1.165) is 19.4 Å². The van der Waals surface area contributed by atoms with Crippen molar-refractivity contribution >= 4 is 0 Å². The van der Waals surface area contributed by atoms with Crippen LogP contribution in [0.3, 0.4) is 0 Å². The Morgan fingerprint density at radius 3 is 2.88 bits per heavy atom. The van der Waals surface area contributed by atoms with Gasteiger partial charge in [-0.15, -0.1) is 0 Å². The molecule has 0 saturated heterocycles. The summed E-state index contributed by atoms with van der Waals surface area (Å²) < 4.78 is 5.52. The van der Waals surface area contributed by atoms with E-state index in [1.165, 1.54) is 16.7 Å². The largest absolute Gasteiger partial charge is 0.379 e. The van der Waals surface area contributed by atoms with E-state index in [-0.39, 0.29) is 11.5 Å². The highest BCUT2D eigenvalue weighted by molar-refractivity contribution is 5.38. The van der Waals surface area contributed by atoms with E-state index in [1.54, 1.807) is 0 Å². The van der Waals surface area contributed by atoms with Crippen LogP contribution in [-0.2, 0) is 16.6 Å². The van der Waals surface area contributed by atoms with Crippen LogP contribution in [0.4, 0.5) is 0 Å². The van der Waals surface area contributed by atoms with Gasteiger partial charge in [0.1, 0.15) is 0 Å². The summed E-state index contributed by atoms with van der Waals surface area (Å²) >= 11 is 0. The lowest BCUT2D eigenvalue weighted by Crippen LogP contribution is -2.19. The first-order chi connectivity index (χ1) is 8.04. The molecule has 0 amide bonds. The van der Waals surface area contributed by atoms with E-state index in [0.29, 0.717) is 6.61 Å². The van der Waals surface area contributed by atoms with Gasteiger partial charge in [-0.1, -0.05) is 39.0 Å². The molecule has 1 unspecified atom stereocenters. The Balaban J connectivity index is 2.41. The van der Waals surface area contributed by atoms with Crippen LogP contribution in [0.1, 0.15) is 49.9 Å². The molecule has 0 fully saturated rings. The standard InChI is InChI=1S/C15H23NO/c1-4-15(2,3)12-6-5-11-7-8-17-10-14(16)13(11)9-12/h5-6,9,14H,4,7-8,10,16H2,1-3H3. The number of benzene rings is 1. The molecule has 2 N–H and O–H groups in total. The molecule has 0 spiro atoms. The van der Waals surface area contributed by atoms with Crippen LogP contribution in [0.5, 0.6) is 0 Å². The zero-order chi connectivity index (χ0) is 12.5. The molecule has 1 aliphatic rings. The quantitative estimate of drug-likeness (QED) is 0.852. The summed E-state index contributed by atoms with van der Waals surface area (Å²) in [5.74, 6) is 0. The maximum Gasteiger partial charge on any atom is 0.0659 e. The third-order valence-corrected chi connectivity index (χ3v) is 4.02. The van der Waals surface area contributed by atoms with Gasteiger partial charge in [0, 0.05) is 0 Å².